The lowest BCUT2D eigenvalue weighted by molar-refractivity contribution is 0.334. The van der Waals surface area contributed by atoms with Crippen LogP contribution in [0.3, 0.4) is 0 Å². The molecule has 2 rings (SSSR count). The molecule has 7 nitrogen and oxygen atoms in total. The molecule has 1 atom stereocenters. The van der Waals surface area contributed by atoms with Gasteiger partial charge < -0.3 is 5.32 Å². The van der Waals surface area contributed by atoms with Crippen LogP contribution < -0.4 is 10.5 Å². The summed E-state index contributed by atoms with van der Waals surface area (Å²) in [6.07, 6.45) is 2.73. The lowest BCUT2D eigenvalue weighted by atomic mass is 10.1. The Morgan fingerprint density at radius 1 is 1.48 bits per heavy atom. The third-order valence-electron chi connectivity index (χ3n) is 3.85. The molecule has 3 N–H and O–H groups in total. The van der Waals surface area contributed by atoms with Crippen molar-refractivity contribution in [1.29, 1.82) is 0 Å². The Morgan fingerprint density at radius 2 is 2.16 bits per heavy atom. The smallest absolute Gasteiger partial charge is 0.252 e. The van der Waals surface area contributed by atoms with Gasteiger partial charge in [-0.3, -0.25) is 0 Å². The maximum Gasteiger partial charge on any atom is 0.252 e. The van der Waals surface area contributed by atoms with Crippen LogP contribution in [-0.4, -0.2) is 52.8 Å². The van der Waals surface area contributed by atoms with Crippen LogP contribution in [0.15, 0.2) is 14.5 Å². The van der Waals surface area contributed by atoms with Crippen LogP contribution in [0.5, 0.6) is 0 Å². The van der Waals surface area contributed by atoms with Gasteiger partial charge in [0, 0.05) is 24.7 Å². The molecular formula is C14H25N3O4S4. The van der Waals surface area contributed by atoms with Crippen LogP contribution in [0, 0.1) is 5.92 Å². The van der Waals surface area contributed by atoms with Gasteiger partial charge in [-0.2, -0.15) is 16.1 Å². The first-order chi connectivity index (χ1) is 11.6. The van der Waals surface area contributed by atoms with Gasteiger partial charge in [0.15, 0.2) is 0 Å². The fraction of sp³-hybridized carbons (Fsp3) is 0.714. The second kappa shape index (κ2) is 8.24. The van der Waals surface area contributed by atoms with Crippen molar-refractivity contribution in [3.05, 3.63) is 11.6 Å². The second-order valence-corrected chi connectivity index (χ2v) is 12.4. The molecule has 1 aromatic rings. The van der Waals surface area contributed by atoms with Crippen LogP contribution in [0.25, 0.3) is 0 Å². The summed E-state index contributed by atoms with van der Waals surface area (Å²) in [5.41, 5.74) is 0.510. The Balaban J connectivity index is 2.41. The first-order valence-electron chi connectivity index (χ1n) is 7.96. The van der Waals surface area contributed by atoms with Gasteiger partial charge in [-0.05, 0) is 37.0 Å². The Bertz CT molecular complexity index is 802. The predicted octanol–water partition coefficient (Wildman–Crippen LogP) is 1.44. The third kappa shape index (κ3) is 4.96. The van der Waals surface area contributed by atoms with Crippen molar-refractivity contribution >= 4 is 43.1 Å². The van der Waals surface area contributed by atoms with E-state index in [4.69, 9.17) is 5.14 Å². The zero-order valence-corrected chi connectivity index (χ0v) is 17.8. The highest BCUT2D eigenvalue weighted by Crippen LogP contribution is 2.40. The highest BCUT2D eigenvalue weighted by molar-refractivity contribution is 7.98. The summed E-state index contributed by atoms with van der Waals surface area (Å²) < 4.78 is 50.6. The number of rotatable bonds is 8. The molecule has 2 heterocycles. The number of primary sulfonamides is 1. The van der Waals surface area contributed by atoms with Crippen molar-refractivity contribution in [3.63, 3.8) is 0 Å². The highest BCUT2D eigenvalue weighted by atomic mass is 32.3. The first-order valence-corrected chi connectivity index (χ1v) is 13.2. The van der Waals surface area contributed by atoms with Crippen LogP contribution >= 0.6 is 23.1 Å². The zero-order valence-electron chi connectivity index (χ0n) is 14.6. The lowest BCUT2D eigenvalue weighted by Crippen LogP contribution is -2.44. The van der Waals surface area contributed by atoms with Gasteiger partial charge in [-0.15, -0.1) is 11.3 Å². The standard InChI is InChI=1S/C14H25N3O4S4/c1-10(2)8-16-12-9-17(5-4-6-22-3)25(20,21)14-11(12)7-13(23-14)24(15,18)19/h7,10,12,16H,4-6,8-9H2,1-3H3,(H2,15,18,19). The summed E-state index contributed by atoms with van der Waals surface area (Å²) >= 11 is 2.41. The maximum atomic E-state index is 12.9. The van der Waals surface area contributed by atoms with E-state index in [2.05, 4.69) is 19.2 Å². The van der Waals surface area contributed by atoms with Crippen molar-refractivity contribution in [2.75, 3.05) is 31.6 Å². The lowest BCUT2D eigenvalue weighted by Gasteiger charge is -2.33. The molecule has 144 valence electrons. The summed E-state index contributed by atoms with van der Waals surface area (Å²) in [5, 5.41) is 8.57. The van der Waals surface area contributed by atoms with Gasteiger partial charge in [-0.1, -0.05) is 13.8 Å². The van der Waals surface area contributed by atoms with Crippen molar-refractivity contribution in [1.82, 2.24) is 9.62 Å². The van der Waals surface area contributed by atoms with E-state index in [0.717, 1.165) is 23.5 Å². The topological polar surface area (TPSA) is 110 Å². The number of nitrogens with one attached hydrogen (secondary N) is 1. The number of nitrogens with two attached hydrogens (primary N) is 1. The number of hydrogen-bond acceptors (Lipinski definition) is 7. The molecule has 11 heteroatoms. The molecule has 0 fully saturated rings. The van der Waals surface area contributed by atoms with Crippen molar-refractivity contribution in [2.24, 2.45) is 11.1 Å². The molecule has 0 aromatic carbocycles. The Hall–Kier alpha value is -0.170. The Kier molecular flexibility index (Phi) is 6.96. The minimum Gasteiger partial charge on any atom is -0.309 e. The van der Waals surface area contributed by atoms with E-state index in [9.17, 15) is 16.8 Å². The molecule has 1 aromatic heterocycles. The van der Waals surface area contributed by atoms with Crippen molar-refractivity contribution in [2.45, 2.75) is 34.7 Å². The summed E-state index contributed by atoms with van der Waals surface area (Å²) in [5.74, 6) is 1.26. The Labute approximate surface area is 158 Å². The molecule has 0 saturated carbocycles. The molecule has 0 bridgehead atoms. The van der Waals surface area contributed by atoms with Gasteiger partial charge in [0.1, 0.15) is 8.42 Å². The van der Waals surface area contributed by atoms with E-state index in [1.807, 2.05) is 6.26 Å². The summed E-state index contributed by atoms with van der Waals surface area (Å²) in [6, 6.07) is 1.17. The minimum absolute atomic E-state index is 0.0909. The SMILES string of the molecule is CSCCCN1CC(NCC(C)C)c2cc(S(N)(=O)=O)sc2S1(=O)=O. The number of thiophene rings is 1. The van der Waals surface area contributed by atoms with Gasteiger partial charge in [0.05, 0.1) is 0 Å². The molecule has 0 saturated heterocycles. The number of nitrogens with zero attached hydrogens (tertiary/aromatic N) is 1. The Morgan fingerprint density at radius 3 is 2.72 bits per heavy atom. The van der Waals surface area contributed by atoms with Crippen LogP contribution in [0.4, 0.5) is 0 Å². The molecule has 0 amide bonds. The molecule has 0 aliphatic carbocycles. The number of sulfonamides is 2. The monoisotopic (exact) mass is 427 g/mol. The second-order valence-electron chi connectivity index (χ2n) is 6.42. The van der Waals surface area contributed by atoms with E-state index < -0.39 is 20.0 Å². The number of fused-ring (bicyclic) bond motifs is 1. The fourth-order valence-electron chi connectivity index (χ4n) is 2.62. The largest absolute Gasteiger partial charge is 0.309 e. The van der Waals surface area contributed by atoms with Gasteiger partial charge in [0.2, 0.25) is 10.0 Å². The molecular weight excluding hydrogens is 402 g/mol. The average Bonchev–Trinajstić information content (AvgIpc) is 2.95. The summed E-state index contributed by atoms with van der Waals surface area (Å²) in [7, 11) is -7.63. The summed E-state index contributed by atoms with van der Waals surface area (Å²) in [4.78, 5) is 0. The average molecular weight is 428 g/mol. The van der Waals surface area contributed by atoms with Crippen molar-refractivity contribution < 1.29 is 16.8 Å². The summed E-state index contributed by atoms with van der Waals surface area (Å²) in [6.45, 7) is 5.56. The van der Waals surface area contributed by atoms with E-state index in [0.29, 0.717) is 31.1 Å². The van der Waals surface area contributed by atoms with E-state index in [1.165, 1.54) is 10.4 Å². The number of hydrogen-bond donors (Lipinski definition) is 2. The van der Waals surface area contributed by atoms with Gasteiger partial charge >= 0.3 is 0 Å². The normalized spacial score (nSPS) is 20.8. The van der Waals surface area contributed by atoms with E-state index in [1.54, 1.807) is 11.8 Å². The van der Waals surface area contributed by atoms with E-state index in [-0.39, 0.29) is 14.5 Å². The molecule has 0 spiro atoms. The van der Waals surface area contributed by atoms with Gasteiger partial charge in [0.25, 0.3) is 10.0 Å². The zero-order chi connectivity index (χ0) is 18.8. The van der Waals surface area contributed by atoms with Gasteiger partial charge in [-0.25, -0.2) is 22.0 Å². The molecule has 1 aliphatic heterocycles. The molecule has 1 unspecified atom stereocenters. The minimum atomic E-state index is -3.94. The maximum absolute atomic E-state index is 12.9. The third-order valence-corrected chi connectivity index (χ3v) is 9.51. The van der Waals surface area contributed by atoms with Crippen LogP contribution in [0.1, 0.15) is 31.9 Å². The quantitative estimate of drug-likeness (QED) is 0.608. The predicted molar refractivity (Wildman–Crippen MR) is 103 cm³/mol. The molecule has 0 radical (unpaired) electrons. The molecule has 1 aliphatic rings. The van der Waals surface area contributed by atoms with Crippen LogP contribution in [-0.2, 0) is 20.0 Å². The fourth-order valence-corrected chi connectivity index (χ4v) is 7.34. The van der Waals surface area contributed by atoms with Crippen LogP contribution in [0.2, 0.25) is 0 Å². The van der Waals surface area contributed by atoms with E-state index >= 15 is 0 Å². The molecule has 25 heavy (non-hydrogen) atoms. The van der Waals surface area contributed by atoms with Crippen molar-refractivity contribution in [3.8, 4) is 0 Å². The first kappa shape index (κ1) is 21.1. The highest BCUT2D eigenvalue weighted by Gasteiger charge is 2.39. The number of thioether (sulfide) groups is 1.